The van der Waals surface area contributed by atoms with Crippen molar-refractivity contribution >= 4 is 29.2 Å². The fourth-order valence-corrected chi connectivity index (χ4v) is 1.70. The van der Waals surface area contributed by atoms with E-state index in [4.69, 9.17) is 17.3 Å². The van der Waals surface area contributed by atoms with Crippen molar-refractivity contribution in [1.29, 1.82) is 0 Å². The van der Waals surface area contributed by atoms with Crippen molar-refractivity contribution < 1.29 is 14.0 Å². The average Bonchev–Trinajstić information content (AvgIpc) is 2.41. The fraction of sp³-hybridized carbons (Fsp3) is 0.111. The summed E-state index contributed by atoms with van der Waals surface area (Å²) in [4.78, 5) is 23.1. The topological polar surface area (TPSA) is 63.4 Å². The van der Waals surface area contributed by atoms with Gasteiger partial charge < -0.3 is 5.73 Å². The van der Waals surface area contributed by atoms with Crippen molar-refractivity contribution in [2.24, 2.45) is 5.73 Å². The molecule has 0 saturated heterocycles. The SMILES string of the molecule is NC(=O)N1C(=O)Cc2cc(F)c(Cl)cc21. The molecule has 78 valence electrons. The smallest absolute Gasteiger partial charge is 0.326 e. The number of benzene rings is 1. The van der Waals surface area contributed by atoms with Crippen LogP contribution in [0.2, 0.25) is 5.02 Å². The second-order valence-electron chi connectivity index (χ2n) is 3.14. The lowest BCUT2D eigenvalue weighted by atomic mass is 10.1. The van der Waals surface area contributed by atoms with Gasteiger partial charge in [-0.15, -0.1) is 0 Å². The van der Waals surface area contributed by atoms with E-state index in [0.717, 1.165) is 11.0 Å². The van der Waals surface area contributed by atoms with Gasteiger partial charge in [0.1, 0.15) is 5.82 Å². The number of halogens is 2. The molecule has 1 aliphatic heterocycles. The van der Waals surface area contributed by atoms with Gasteiger partial charge in [-0.3, -0.25) is 4.79 Å². The highest BCUT2D eigenvalue weighted by molar-refractivity contribution is 6.31. The molecule has 0 unspecified atom stereocenters. The summed E-state index contributed by atoms with van der Waals surface area (Å²) in [6.07, 6.45) is -0.0354. The van der Waals surface area contributed by atoms with Crippen LogP contribution < -0.4 is 10.6 Å². The molecule has 15 heavy (non-hydrogen) atoms. The van der Waals surface area contributed by atoms with Crippen LogP contribution >= 0.6 is 11.6 Å². The lowest BCUT2D eigenvalue weighted by Gasteiger charge is -2.12. The second kappa shape index (κ2) is 3.20. The van der Waals surface area contributed by atoms with Gasteiger partial charge in [0, 0.05) is 0 Å². The zero-order valence-electron chi connectivity index (χ0n) is 7.46. The number of carbonyl (C=O) groups is 2. The van der Waals surface area contributed by atoms with Crippen LogP contribution in [-0.4, -0.2) is 11.9 Å². The molecule has 1 aliphatic rings. The van der Waals surface area contributed by atoms with Crippen molar-refractivity contribution in [1.82, 2.24) is 0 Å². The third-order valence-corrected chi connectivity index (χ3v) is 2.46. The minimum absolute atomic E-state index is 0.0354. The van der Waals surface area contributed by atoms with Crippen LogP contribution in [0, 0.1) is 5.82 Å². The van der Waals surface area contributed by atoms with Gasteiger partial charge in [0.2, 0.25) is 5.91 Å². The first-order valence-corrected chi connectivity index (χ1v) is 4.49. The molecule has 0 aliphatic carbocycles. The van der Waals surface area contributed by atoms with Gasteiger partial charge in [-0.05, 0) is 17.7 Å². The molecular formula is C9H6ClFN2O2. The first kappa shape index (κ1) is 9.92. The van der Waals surface area contributed by atoms with Crippen molar-refractivity contribution in [3.63, 3.8) is 0 Å². The Morgan fingerprint density at radius 3 is 2.80 bits per heavy atom. The number of nitrogens with two attached hydrogens (primary N) is 1. The van der Waals surface area contributed by atoms with Gasteiger partial charge in [-0.2, -0.15) is 0 Å². The molecule has 1 heterocycles. The number of hydrogen-bond donors (Lipinski definition) is 1. The standard InChI is InChI=1S/C9H6ClFN2O2/c10-5-3-7-4(1-6(5)11)2-8(14)13(7)9(12)15/h1,3H,2H2,(H2,12,15). The maximum absolute atomic E-state index is 13.1. The molecule has 4 nitrogen and oxygen atoms in total. The summed E-state index contributed by atoms with van der Waals surface area (Å²) in [5.74, 6) is -1.09. The predicted octanol–water partition coefficient (Wildman–Crippen LogP) is 1.45. The summed E-state index contributed by atoms with van der Waals surface area (Å²) < 4.78 is 13.1. The van der Waals surface area contributed by atoms with Crippen LogP contribution in [0.3, 0.4) is 0 Å². The Hall–Kier alpha value is -1.62. The summed E-state index contributed by atoms with van der Waals surface area (Å²) in [6.45, 7) is 0. The molecule has 2 N–H and O–H groups in total. The van der Waals surface area contributed by atoms with Crippen LogP contribution in [0.5, 0.6) is 0 Å². The van der Waals surface area contributed by atoms with Gasteiger partial charge in [0.05, 0.1) is 17.1 Å². The number of urea groups is 1. The number of imide groups is 1. The summed E-state index contributed by atoms with van der Waals surface area (Å²) in [5, 5.41) is -0.144. The van der Waals surface area contributed by atoms with Crippen LogP contribution in [0.25, 0.3) is 0 Å². The Balaban J connectivity index is 2.59. The molecule has 3 amide bonds. The minimum atomic E-state index is -0.888. The van der Waals surface area contributed by atoms with Gasteiger partial charge in [0.25, 0.3) is 0 Å². The number of hydrogen-bond acceptors (Lipinski definition) is 2. The van der Waals surface area contributed by atoms with E-state index in [1.165, 1.54) is 6.07 Å². The second-order valence-corrected chi connectivity index (χ2v) is 3.55. The molecule has 2 rings (SSSR count). The lowest BCUT2D eigenvalue weighted by Crippen LogP contribution is -2.38. The Kier molecular flexibility index (Phi) is 2.12. The molecular weight excluding hydrogens is 223 g/mol. The fourth-order valence-electron chi connectivity index (χ4n) is 1.55. The number of primary amides is 1. The molecule has 0 radical (unpaired) electrons. The van der Waals surface area contributed by atoms with Gasteiger partial charge >= 0.3 is 6.03 Å². The molecule has 6 heteroatoms. The van der Waals surface area contributed by atoms with E-state index in [1.807, 2.05) is 0 Å². The van der Waals surface area contributed by atoms with E-state index in [-0.39, 0.29) is 17.1 Å². The number of nitrogens with zero attached hydrogens (tertiary/aromatic N) is 1. The van der Waals surface area contributed by atoms with Crippen LogP contribution in [0.15, 0.2) is 12.1 Å². The summed E-state index contributed by atoms with van der Waals surface area (Å²) >= 11 is 5.54. The summed E-state index contributed by atoms with van der Waals surface area (Å²) in [7, 11) is 0. The third kappa shape index (κ3) is 1.45. The monoisotopic (exact) mass is 228 g/mol. The predicted molar refractivity (Wildman–Crippen MR) is 52.2 cm³/mol. The van der Waals surface area contributed by atoms with Crippen LogP contribution in [0.1, 0.15) is 5.56 Å². The van der Waals surface area contributed by atoms with Gasteiger partial charge in [-0.25, -0.2) is 14.1 Å². The maximum Gasteiger partial charge on any atom is 0.326 e. The lowest BCUT2D eigenvalue weighted by molar-refractivity contribution is -0.116. The molecule has 0 bridgehead atoms. The summed E-state index contributed by atoms with van der Waals surface area (Å²) in [5.41, 5.74) is 5.70. The normalized spacial score (nSPS) is 14.3. The Morgan fingerprint density at radius 2 is 2.20 bits per heavy atom. The quantitative estimate of drug-likeness (QED) is 0.730. The molecule has 0 saturated carbocycles. The first-order valence-electron chi connectivity index (χ1n) is 4.11. The highest BCUT2D eigenvalue weighted by Crippen LogP contribution is 2.32. The highest BCUT2D eigenvalue weighted by Gasteiger charge is 2.31. The number of anilines is 1. The van der Waals surface area contributed by atoms with E-state index in [1.54, 1.807) is 0 Å². The van der Waals surface area contributed by atoms with Crippen molar-refractivity contribution in [2.45, 2.75) is 6.42 Å². The van der Waals surface area contributed by atoms with Crippen molar-refractivity contribution in [3.05, 3.63) is 28.5 Å². The zero-order chi connectivity index (χ0) is 11.2. The Labute approximate surface area is 89.4 Å². The molecule has 0 atom stereocenters. The molecule has 1 aromatic rings. The Morgan fingerprint density at radius 1 is 1.53 bits per heavy atom. The van der Waals surface area contributed by atoms with Crippen LogP contribution in [-0.2, 0) is 11.2 Å². The maximum atomic E-state index is 13.1. The van der Waals surface area contributed by atoms with E-state index in [2.05, 4.69) is 0 Å². The number of amides is 3. The van der Waals surface area contributed by atoms with Crippen LogP contribution in [0.4, 0.5) is 14.9 Å². The van der Waals surface area contributed by atoms with Crippen molar-refractivity contribution in [3.8, 4) is 0 Å². The number of carbonyl (C=O) groups excluding carboxylic acids is 2. The molecule has 0 aromatic heterocycles. The first-order chi connectivity index (χ1) is 7.00. The molecule has 1 aromatic carbocycles. The summed E-state index contributed by atoms with van der Waals surface area (Å²) in [6, 6.07) is 1.47. The van der Waals surface area contributed by atoms with Gasteiger partial charge in [-0.1, -0.05) is 11.6 Å². The van der Waals surface area contributed by atoms with Gasteiger partial charge in [0.15, 0.2) is 0 Å². The Bertz CT molecular complexity index is 475. The molecule has 0 spiro atoms. The van der Waals surface area contributed by atoms with E-state index in [9.17, 15) is 14.0 Å². The van der Waals surface area contributed by atoms with E-state index >= 15 is 0 Å². The van der Waals surface area contributed by atoms with Crippen molar-refractivity contribution in [2.75, 3.05) is 4.90 Å². The third-order valence-electron chi connectivity index (χ3n) is 2.17. The molecule has 0 fully saturated rings. The van der Waals surface area contributed by atoms with E-state index in [0.29, 0.717) is 5.56 Å². The van der Waals surface area contributed by atoms with E-state index < -0.39 is 17.8 Å². The highest BCUT2D eigenvalue weighted by atomic mass is 35.5. The zero-order valence-corrected chi connectivity index (χ0v) is 8.21. The number of fused-ring (bicyclic) bond motifs is 1. The number of rotatable bonds is 0. The minimum Gasteiger partial charge on any atom is -0.351 e. The average molecular weight is 229 g/mol. The largest absolute Gasteiger partial charge is 0.351 e.